The predicted octanol–water partition coefficient (Wildman–Crippen LogP) is -1.44. The molecular weight excluding hydrogens is 315 g/mol. The minimum atomic E-state index is -4.12. The molecule has 2 rings (SSSR count). The van der Waals surface area contributed by atoms with Crippen molar-refractivity contribution in [1.82, 2.24) is 20.3 Å². The molecule has 11 heteroatoms. The summed E-state index contributed by atoms with van der Waals surface area (Å²) in [6.07, 6.45) is 1.30. The van der Waals surface area contributed by atoms with Crippen molar-refractivity contribution in [3.8, 4) is 0 Å². The van der Waals surface area contributed by atoms with Crippen molar-refractivity contribution in [2.75, 3.05) is 12.8 Å². The molecule has 0 spiro atoms. The lowest BCUT2D eigenvalue weighted by Crippen LogP contribution is -2.33. The zero-order chi connectivity index (χ0) is 16.3. The maximum atomic E-state index is 11.6. The summed E-state index contributed by atoms with van der Waals surface area (Å²) < 4.78 is 10.8. The average molecular weight is 332 g/mol. The Morgan fingerprint density at radius 2 is 1.95 bits per heavy atom. The van der Waals surface area contributed by atoms with E-state index in [4.69, 9.17) is 9.79 Å². The number of aliphatic hydroxyl groups excluding tert-OH is 1. The van der Waals surface area contributed by atoms with Gasteiger partial charge in [0.15, 0.2) is 0 Å². The molecule has 2 heterocycles. The molecule has 122 valence electrons. The van der Waals surface area contributed by atoms with Crippen LogP contribution in [0.15, 0.2) is 15.8 Å². The Balaban J connectivity index is 2.09. The molecule has 0 aliphatic carbocycles. The van der Waals surface area contributed by atoms with Gasteiger partial charge in [-0.2, -0.15) is 0 Å². The molecule has 0 fully saturated rings. The molecule has 2 aromatic heterocycles. The summed E-state index contributed by atoms with van der Waals surface area (Å²) in [5, 5.41) is 12.1. The first kappa shape index (κ1) is 16.7. The number of aromatic nitrogens is 3. The second-order valence-corrected chi connectivity index (χ2v) is 6.69. The van der Waals surface area contributed by atoms with Crippen LogP contribution in [0.2, 0.25) is 0 Å². The Morgan fingerprint density at radius 1 is 1.23 bits per heavy atom. The van der Waals surface area contributed by atoms with Crippen LogP contribution in [0.3, 0.4) is 0 Å². The van der Waals surface area contributed by atoms with Crippen LogP contribution in [0.4, 0.5) is 0 Å². The van der Waals surface area contributed by atoms with Crippen LogP contribution in [0.5, 0.6) is 0 Å². The third-order valence-corrected chi connectivity index (χ3v) is 4.07. The lowest BCUT2D eigenvalue weighted by Gasteiger charge is -2.16. The lowest BCUT2D eigenvalue weighted by molar-refractivity contribution is 0.237. The summed E-state index contributed by atoms with van der Waals surface area (Å²) in [5.41, 5.74) is 0.0247. The molecule has 0 saturated heterocycles. The highest BCUT2D eigenvalue weighted by atomic mass is 31.2. The van der Waals surface area contributed by atoms with Gasteiger partial charge in [-0.25, -0.2) is 4.79 Å². The van der Waals surface area contributed by atoms with Crippen molar-refractivity contribution in [2.24, 2.45) is 0 Å². The number of aromatic amines is 3. The average Bonchev–Trinajstić information content (AvgIpc) is 2.81. The monoisotopic (exact) mass is 332 g/mol. The van der Waals surface area contributed by atoms with Crippen molar-refractivity contribution in [3.05, 3.63) is 32.6 Å². The quantitative estimate of drug-likeness (QED) is 0.304. The maximum Gasteiger partial charge on any atom is 0.326 e. The Bertz CT molecular complexity index is 803. The van der Waals surface area contributed by atoms with Gasteiger partial charge in [-0.3, -0.25) is 14.3 Å². The fraction of sp³-hybridized carbons (Fsp3) is 0.455. The number of nitrogens with one attached hydrogen (secondary N) is 4. The predicted molar refractivity (Wildman–Crippen MR) is 78.8 cm³/mol. The summed E-state index contributed by atoms with van der Waals surface area (Å²) in [6.45, 7) is -0.0781. The van der Waals surface area contributed by atoms with E-state index in [1.165, 1.54) is 0 Å². The topological polar surface area (TPSA) is 171 Å². The fourth-order valence-corrected chi connectivity index (χ4v) is 2.72. The highest BCUT2D eigenvalue weighted by Gasteiger charge is 2.17. The van der Waals surface area contributed by atoms with Crippen LogP contribution in [-0.4, -0.2) is 48.7 Å². The van der Waals surface area contributed by atoms with Gasteiger partial charge in [-0.1, -0.05) is 0 Å². The van der Waals surface area contributed by atoms with Crippen LogP contribution in [-0.2, 0) is 11.1 Å². The van der Waals surface area contributed by atoms with Crippen LogP contribution in [0.25, 0.3) is 11.0 Å². The summed E-state index contributed by atoms with van der Waals surface area (Å²) in [7, 11) is -4.12. The highest BCUT2D eigenvalue weighted by Crippen LogP contribution is 2.35. The first-order valence-corrected chi connectivity index (χ1v) is 8.31. The molecule has 0 amide bonds. The third kappa shape index (κ3) is 4.15. The summed E-state index contributed by atoms with van der Waals surface area (Å²) in [4.78, 5) is 47.9. The van der Waals surface area contributed by atoms with Crippen LogP contribution in [0.1, 0.15) is 12.0 Å². The van der Waals surface area contributed by atoms with Gasteiger partial charge in [0.1, 0.15) is 5.52 Å². The first-order chi connectivity index (χ1) is 10.3. The molecule has 1 atom stereocenters. The minimum Gasteiger partial charge on any atom is -0.395 e. The molecule has 2 aromatic rings. The highest BCUT2D eigenvalue weighted by molar-refractivity contribution is 7.51. The van der Waals surface area contributed by atoms with Crippen LogP contribution >= 0.6 is 7.60 Å². The van der Waals surface area contributed by atoms with Crippen molar-refractivity contribution in [1.29, 1.82) is 0 Å². The fourth-order valence-electron chi connectivity index (χ4n) is 2.07. The number of hydrogen-bond acceptors (Lipinski definition) is 5. The van der Waals surface area contributed by atoms with Gasteiger partial charge >= 0.3 is 13.3 Å². The molecule has 0 aliphatic heterocycles. The number of hydrogen-bond donors (Lipinski definition) is 7. The molecule has 10 nitrogen and oxygen atoms in total. The summed E-state index contributed by atoms with van der Waals surface area (Å²) >= 11 is 0. The van der Waals surface area contributed by atoms with Crippen molar-refractivity contribution >= 4 is 18.6 Å². The summed E-state index contributed by atoms with van der Waals surface area (Å²) in [5.74, 6) is 0. The number of fused-ring (bicyclic) bond motifs is 1. The van der Waals surface area contributed by atoms with Gasteiger partial charge in [-0.15, -0.1) is 0 Å². The van der Waals surface area contributed by atoms with Gasteiger partial charge in [0.2, 0.25) is 0 Å². The van der Waals surface area contributed by atoms with Crippen molar-refractivity contribution in [3.63, 3.8) is 0 Å². The number of H-pyrrole nitrogens is 3. The molecule has 0 aromatic carbocycles. The van der Waals surface area contributed by atoms with E-state index in [0.29, 0.717) is 11.1 Å². The molecule has 7 N–H and O–H groups in total. The largest absolute Gasteiger partial charge is 0.395 e. The third-order valence-electron chi connectivity index (χ3n) is 3.22. The molecule has 0 bridgehead atoms. The van der Waals surface area contributed by atoms with Crippen molar-refractivity contribution in [2.45, 2.75) is 19.0 Å². The second kappa shape index (κ2) is 6.59. The lowest BCUT2D eigenvalue weighted by atomic mass is 10.2. The Hall–Kier alpha value is -1.71. The summed E-state index contributed by atoms with van der Waals surface area (Å²) in [6, 6.07) is -0.508. The zero-order valence-electron chi connectivity index (χ0n) is 11.5. The van der Waals surface area contributed by atoms with E-state index in [2.05, 4.69) is 20.3 Å². The van der Waals surface area contributed by atoms with Gasteiger partial charge in [0.25, 0.3) is 5.56 Å². The maximum absolute atomic E-state index is 11.6. The van der Waals surface area contributed by atoms with Crippen LogP contribution in [0, 0.1) is 0 Å². The molecule has 0 radical (unpaired) electrons. The SMILES string of the molecule is O=c1[nH]c(=O)c2[nH]cc(CN[C@H](CO)CCP(=O)(O)O)c2[nH]1. The van der Waals surface area contributed by atoms with E-state index in [1.807, 2.05) is 0 Å². The standard InChI is InChI=1S/C11H17N4O6P/c16-5-7(1-2-22(19,20)21)12-3-6-4-13-9-8(6)14-11(18)15-10(9)17/h4,7,12-13,16H,1-3,5H2,(H2,19,20,21)(H2,14,15,17,18)/t7-/m0/s1. The van der Waals surface area contributed by atoms with Crippen LogP contribution < -0.4 is 16.6 Å². The van der Waals surface area contributed by atoms with E-state index in [-0.39, 0.29) is 31.3 Å². The van der Waals surface area contributed by atoms with Crippen molar-refractivity contribution < 1.29 is 19.5 Å². The molecule has 0 aliphatic rings. The van der Waals surface area contributed by atoms with E-state index in [1.54, 1.807) is 6.20 Å². The Kier molecular flexibility index (Phi) is 4.99. The van der Waals surface area contributed by atoms with E-state index in [9.17, 15) is 19.3 Å². The minimum absolute atomic E-state index is 0.0975. The normalized spacial score (nSPS) is 13.6. The smallest absolute Gasteiger partial charge is 0.326 e. The van der Waals surface area contributed by atoms with Gasteiger partial charge in [-0.05, 0) is 6.42 Å². The number of aliphatic hydroxyl groups is 1. The van der Waals surface area contributed by atoms with Gasteiger partial charge < -0.3 is 30.2 Å². The molecule has 0 unspecified atom stereocenters. The molecular formula is C11H17N4O6P. The van der Waals surface area contributed by atoms with Gasteiger partial charge in [0, 0.05) is 24.3 Å². The second-order valence-electron chi connectivity index (χ2n) is 4.91. The zero-order valence-corrected chi connectivity index (χ0v) is 12.4. The van der Waals surface area contributed by atoms with E-state index >= 15 is 0 Å². The Labute approximate surface area is 123 Å². The van der Waals surface area contributed by atoms with E-state index in [0.717, 1.165) is 0 Å². The van der Waals surface area contributed by atoms with E-state index < -0.39 is 24.9 Å². The first-order valence-electron chi connectivity index (χ1n) is 6.51. The number of rotatable bonds is 7. The molecule has 0 saturated carbocycles. The van der Waals surface area contributed by atoms with Gasteiger partial charge in [0.05, 0.1) is 18.3 Å². The molecule has 22 heavy (non-hydrogen) atoms. The Morgan fingerprint density at radius 3 is 2.59 bits per heavy atom.